The van der Waals surface area contributed by atoms with Gasteiger partial charge >= 0.3 is 0 Å². The van der Waals surface area contributed by atoms with Crippen molar-refractivity contribution in [3.8, 4) is 0 Å². The number of nitrogens with zero attached hydrogens (tertiary/aromatic N) is 1. The van der Waals surface area contributed by atoms with Crippen LogP contribution in [0.3, 0.4) is 0 Å². The second-order valence-electron chi connectivity index (χ2n) is 3.84. The second kappa shape index (κ2) is 6.89. The van der Waals surface area contributed by atoms with Gasteiger partial charge in [-0.3, -0.25) is 4.90 Å². The van der Waals surface area contributed by atoms with Crippen LogP contribution in [0, 0.1) is 0 Å². The summed E-state index contributed by atoms with van der Waals surface area (Å²) in [7, 11) is 0. The van der Waals surface area contributed by atoms with Gasteiger partial charge in [-0.1, -0.05) is 43.6 Å². The van der Waals surface area contributed by atoms with Crippen molar-refractivity contribution in [2.75, 3.05) is 19.6 Å². The van der Waals surface area contributed by atoms with Crippen LogP contribution < -0.4 is 5.73 Å². The Morgan fingerprint density at radius 2 is 1.88 bits per heavy atom. The van der Waals surface area contributed by atoms with Crippen LogP contribution in [0.1, 0.15) is 31.9 Å². The van der Waals surface area contributed by atoms with Gasteiger partial charge in [0.15, 0.2) is 0 Å². The van der Waals surface area contributed by atoms with Gasteiger partial charge in [0.1, 0.15) is 0 Å². The Labute approximate surface area is 103 Å². The molecule has 2 N–H and O–H groups in total. The first-order valence-electron chi connectivity index (χ1n) is 5.93. The molecule has 0 fully saturated rings. The van der Waals surface area contributed by atoms with Crippen molar-refractivity contribution in [2.24, 2.45) is 5.73 Å². The lowest BCUT2D eigenvalue weighted by atomic mass is 10.0. The molecule has 90 valence electrons. The van der Waals surface area contributed by atoms with E-state index in [9.17, 15) is 0 Å². The summed E-state index contributed by atoms with van der Waals surface area (Å²) in [6, 6.07) is 8.39. The summed E-state index contributed by atoms with van der Waals surface area (Å²) in [5.74, 6) is 0. The third-order valence-corrected chi connectivity index (χ3v) is 3.30. The van der Waals surface area contributed by atoms with Crippen LogP contribution in [0.5, 0.6) is 0 Å². The first-order chi connectivity index (χ1) is 7.74. The zero-order valence-electron chi connectivity index (χ0n) is 10.1. The average Bonchev–Trinajstić information content (AvgIpc) is 2.30. The lowest BCUT2D eigenvalue weighted by Gasteiger charge is -2.30. The highest BCUT2D eigenvalue weighted by atomic mass is 35.5. The van der Waals surface area contributed by atoms with Crippen LogP contribution in [0.2, 0.25) is 5.02 Å². The lowest BCUT2D eigenvalue weighted by molar-refractivity contribution is 0.210. The molecule has 0 saturated heterocycles. The van der Waals surface area contributed by atoms with E-state index in [0.29, 0.717) is 12.6 Å². The van der Waals surface area contributed by atoms with Gasteiger partial charge in [-0.2, -0.15) is 0 Å². The molecule has 3 heteroatoms. The van der Waals surface area contributed by atoms with Gasteiger partial charge in [0.05, 0.1) is 0 Å². The van der Waals surface area contributed by atoms with Crippen LogP contribution in [-0.2, 0) is 0 Å². The Balaban J connectivity index is 2.97. The molecule has 2 nitrogen and oxygen atoms in total. The van der Waals surface area contributed by atoms with Gasteiger partial charge in [-0.05, 0) is 37.7 Å². The first-order valence-corrected chi connectivity index (χ1v) is 6.30. The third-order valence-electron chi connectivity index (χ3n) is 2.96. The normalized spacial score (nSPS) is 13.1. The Hall–Kier alpha value is -0.570. The van der Waals surface area contributed by atoms with E-state index in [1.54, 1.807) is 0 Å². The molecule has 1 aromatic carbocycles. The molecule has 1 atom stereocenters. The topological polar surface area (TPSA) is 29.3 Å². The van der Waals surface area contributed by atoms with E-state index >= 15 is 0 Å². The number of benzene rings is 1. The molecule has 1 unspecified atom stereocenters. The first kappa shape index (κ1) is 13.5. The Morgan fingerprint density at radius 3 is 2.38 bits per heavy atom. The third kappa shape index (κ3) is 3.21. The lowest BCUT2D eigenvalue weighted by Crippen LogP contribution is -2.30. The van der Waals surface area contributed by atoms with E-state index in [2.05, 4.69) is 24.8 Å². The summed E-state index contributed by atoms with van der Waals surface area (Å²) >= 11 is 6.25. The predicted octanol–water partition coefficient (Wildman–Crippen LogP) is 3.07. The summed E-state index contributed by atoms with van der Waals surface area (Å²) in [5, 5.41) is 0.841. The SMILES string of the molecule is CCN(CC)C(CCN)c1ccccc1Cl. The molecule has 0 aliphatic rings. The van der Waals surface area contributed by atoms with Crippen LogP contribution in [0.15, 0.2) is 24.3 Å². The molecule has 1 rings (SSSR count). The Morgan fingerprint density at radius 1 is 1.25 bits per heavy atom. The molecule has 0 spiro atoms. The summed E-state index contributed by atoms with van der Waals surface area (Å²) < 4.78 is 0. The molecule has 0 aromatic heterocycles. The molecule has 0 amide bonds. The Bertz CT molecular complexity index is 311. The van der Waals surface area contributed by atoms with Crippen LogP contribution in [0.25, 0.3) is 0 Å². The van der Waals surface area contributed by atoms with E-state index in [-0.39, 0.29) is 0 Å². The maximum atomic E-state index is 6.25. The molecule has 0 aliphatic heterocycles. The van der Waals surface area contributed by atoms with Gasteiger partial charge < -0.3 is 5.73 Å². The Kier molecular flexibility index (Phi) is 5.81. The maximum absolute atomic E-state index is 6.25. The summed E-state index contributed by atoms with van der Waals surface area (Å²) in [5.41, 5.74) is 6.89. The van der Waals surface area contributed by atoms with E-state index in [0.717, 1.165) is 24.5 Å². The maximum Gasteiger partial charge on any atom is 0.0453 e. The molecule has 1 aromatic rings. The molecule has 0 bridgehead atoms. The highest BCUT2D eigenvalue weighted by Crippen LogP contribution is 2.29. The predicted molar refractivity (Wildman–Crippen MR) is 70.8 cm³/mol. The minimum absolute atomic E-state index is 0.341. The quantitative estimate of drug-likeness (QED) is 0.828. The minimum Gasteiger partial charge on any atom is -0.330 e. The highest BCUT2D eigenvalue weighted by Gasteiger charge is 2.18. The molecular formula is C13H21ClN2. The fraction of sp³-hybridized carbons (Fsp3) is 0.538. The van der Waals surface area contributed by atoms with Gasteiger partial charge in [0.2, 0.25) is 0 Å². The van der Waals surface area contributed by atoms with Crippen LogP contribution in [0.4, 0.5) is 0 Å². The molecule has 0 heterocycles. The molecular weight excluding hydrogens is 220 g/mol. The molecule has 16 heavy (non-hydrogen) atoms. The van der Waals surface area contributed by atoms with Crippen molar-refractivity contribution >= 4 is 11.6 Å². The number of rotatable bonds is 6. The number of hydrogen-bond acceptors (Lipinski definition) is 2. The number of halogens is 1. The van der Waals surface area contributed by atoms with Crippen molar-refractivity contribution in [1.82, 2.24) is 4.90 Å². The van der Waals surface area contributed by atoms with E-state index in [1.807, 2.05) is 18.2 Å². The number of nitrogens with two attached hydrogens (primary N) is 1. The van der Waals surface area contributed by atoms with Crippen molar-refractivity contribution in [2.45, 2.75) is 26.3 Å². The van der Waals surface area contributed by atoms with E-state index < -0.39 is 0 Å². The summed E-state index contributed by atoms with van der Waals surface area (Å²) in [6.45, 7) is 7.07. The zero-order valence-corrected chi connectivity index (χ0v) is 10.9. The summed E-state index contributed by atoms with van der Waals surface area (Å²) in [6.07, 6.45) is 0.950. The van der Waals surface area contributed by atoms with Gasteiger partial charge in [-0.15, -0.1) is 0 Å². The molecule has 0 aliphatic carbocycles. The van der Waals surface area contributed by atoms with E-state index in [1.165, 1.54) is 5.56 Å². The fourth-order valence-corrected chi connectivity index (χ4v) is 2.36. The monoisotopic (exact) mass is 240 g/mol. The van der Waals surface area contributed by atoms with Crippen molar-refractivity contribution in [1.29, 1.82) is 0 Å². The summed E-state index contributed by atoms with van der Waals surface area (Å²) in [4.78, 5) is 2.40. The standard InChI is InChI=1S/C13H21ClN2/c1-3-16(4-2)13(9-10-15)11-7-5-6-8-12(11)14/h5-8,13H,3-4,9-10,15H2,1-2H3. The minimum atomic E-state index is 0.341. The van der Waals surface area contributed by atoms with Gasteiger partial charge in [0.25, 0.3) is 0 Å². The molecule has 0 saturated carbocycles. The average molecular weight is 241 g/mol. The van der Waals surface area contributed by atoms with Crippen molar-refractivity contribution in [3.05, 3.63) is 34.9 Å². The van der Waals surface area contributed by atoms with E-state index in [4.69, 9.17) is 17.3 Å². The highest BCUT2D eigenvalue weighted by molar-refractivity contribution is 6.31. The van der Waals surface area contributed by atoms with Crippen molar-refractivity contribution in [3.63, 3.8) is 0 Å². The zero-order chi connectivity index (χ0) is 12.0. The second-order valence-corrected chi connectivity index (χ2v) is 4.24. The largest absolute Gasteiger partial charge is 0.330 e. The van der Waals surface area contributed by atoms with Gasteiger partial charge in [0, 0.05) is 11.1 Å². The van der Waals surface area contributed by atoms with Gasteiger partial charge in [-0.25, -0.2) is 0 Å². The number of hydrogen-bond donors (Lipinski definition) is 1. The van der Waals surface area contributed by atoms with Crippen LogP contribution >= 0.6 is 11.6 Å². The smallest absolute Gasteiger partial charge is 0.0453 e. The van der Waals surface area contributed by atoms with Crippen molar-refractivity contribution < 1.29 is 0 Å². The fourth-order valence-electron chi connectivity index (χ4n) is 2.10. The van der Waals surface area contributed by atoms with Crippen LogP contribution in [-0.4, -0.2) is 24.5 Å². The molecule has 0 radical (unpaired) electrons.